The molecule has 2 N–H and O–H groups in total. The van der Waals surface area contributed by atoms with Gasteiger partial charge in [-0.2, -0.15) is 8.78 Å². The minimum Gasteiger partial charge on any atom is -0.392 e. The molecular formula is C11H12BrF4NO3S. The molecule has 0 heterocycles. The number of hydrogen-bond donors (Lipinski definition) is 2. The average molecular weight is 394 g/mol. The second kappa shape index (κ2) is 6.59. The van der Waals surface area contributed by atoms with Gasteiger partial charge in [0, 0.05) is 4.47 Å². The molecule has 4 nitrogen and oxygen atoms in total. The lowest BCUT2D eigenvalue weighted by molar-refractivity contribution is -0.122. The smallest absolute Gasteiger partial charge is 0.320 e. The molecule has 0 saturated heterocycles. The van der Waals surface area contributed by atoms with Gasteiger partial charge in [-0.3, -0.25) is 0 Å². The standard InChI is InChI=1S/C11H12BrF4NO3S/c1-6-8(12)2-7(4-18)3-9(6)21(19,20)17-5-11(15,16)10(13)14/h2-3,10,17-18H,4-5H2,1H3. The van der Waals surface area contributed by atoms with E-state index in [-0.39, 0.29) is 16.0 Å². The predicted octanol–water partition coefficient (Wildman–Crippen LogP) is 2.43. The highest BCUT2D eigenvalue weighted by molar-refractivity contribution is 9.10. The van der Waals surface area contributed by atoms with Crippen molar-refractivity contribution in [3.8, 4) is 0 Å². The Kier molecular flexibility index (Phi) is 5.76. The number of alkyl halides is 4. The summed E-state index contributed by atoms with van der Waals surface area (Å²) in [5.74, 6) is -4.47. The first kappa shape index (κ1) is 18.3. The normalized spacial score (nSPS) is 13.0. The summed E-state index contributed by atoms with van der Waals surface area (Å²) in [6, 6.07) is 2.55. The number of aliphatic hydroxyl groups is 1. The SMILES string of the molecule is Cc1c(Br)cc(CO)cc1S(=O)(=O)NCC(F)(F)C(F)F. The lowest BCUT2D eigenvalue weighted by Crippen LogP contribution is -2.41. The van der Waals surface area contributed by atoms with Crippen LogP contribution in [0.3, 0.4) is 0 Å². The third-order valence-corrected chi connectivity index (χ3v) is 5.00. The van der Waals surface area contributed by atoms with Gasteiger partial charge in [0.1, 0.15) is 0 Å². The van der Waals surface area contributed by atoms with Gasteiger partial charge in [0.2, 0.25) is 10.0 Å². The van der Waals surface area contributed by atoms with Gasteiger partial charge in [0.15, 0.2) is 0 Å². The van der Waals surface area contributed by atoms with Crippen molar-refractivity contribution in [1.29, 1.82) is 0 Å². The first-order valence-electron chi connectivity index (χ1n) is 5.57. The number of hydrogen-bond acceptors (Lipinski definition) is 3. The fraction of sp³-hybridized carbons (Fsp3) is 0.455. The monoisotopic (exact) mass is 393 g/mol. The molecule has 0 spiro atoms. The summed E-state index contributed by atoms with van der Waals surface area (Å²) in [7, 11) is -4.42. The summed E-state index contributed by atoms with van der Waals surface area (Å²) >= 11 is 3.07. The van der Waals surface area contributed by atoms with E-state index >= 15 is 0 Å². The molecule has 1 aromatic rings. The first-order valence-corrected chi connectivity index (χ1v) is 7.84. The van der Waals surface area contributed by atoms with Crippen LogP contribution in [0.4, 0.5) is 17.6 Å². The minimum atomic E-state index is -4.47. The summed E-state index contributed by atoms with van der Waals surface area (Å²) in [5.41, 5.74) is 0.438. The number of benzene rings is 1. The fourth-order valence-corrected chi connectivity index (χ4v) is 3.42. The Morgan fingerprint density at radius 3 is 2.43 bits per heavy atom. The Morgan fingerprint density at radius 1 is 1.38 bits per heavy atom. The minimum absolute atomic E-state index is 0.208. The van der Waals surface area contributed by atoms with E-state index in [1.807, 2.05) is 0 Å². The van der Waals surface area contributed by atoms with Crippen molar-refractivity contribution in [3.63, 3.8) is 0 Å². The van der Waals surface area contributed by atoms with Crippen molar-refractivity contribution in [3.05, 3.63) is 27.7 Å². The summed E-state index contributed by atoms with van der Waals surface area (Å²) in [5, 5.41) is 9.02. The van der Waals surface area contributed by atoms with Crippen molar-refractivity contribution < 1.29 is 31.1 Å². The molecule has 120 valence electrons. The van der Waals surface area contributed by atoms with E-state index in [1.165, 1.54) is 17.7 Å². The Morgan fingerprint density at radius 2 is 1.95 bits per heavy atom. The lowest BCUT2D eigenvalue weighted by Gasteiger charge is -2.17. The van der Waals surface area contributed by atoms with Crippen LogP contribution in [0.2, 0.25) is 0 Å². The van der Waals surface area contributed by atoms with Crippen molar-refractivity contribution >= 4 is 26.0 Å². The molecule has 21 heavy (non-hydrogen) atoms. The van der Waals surface area contributed by atoms with E-state index in [4.69, 9.17) is 5.11 Å². The zero-order valence-electron chi connectivity index (χ0n) is 10.7. The zero-order valence-corrected chi connectivity index (χ0v) is 13.1. The van der Waals surface area contributed by atoms with Gasteiger partial charge in [-0.25, -0.2) is 21.9 Å². The molecule has 0 atom stereocenters. The van der Waals surface area contributed by atoms with Crippen LogP contribution in [0, 0.1) is 6.92 Å². The number of nitrogens with one attached hydrogen (secondary N) is 1. The predicted molar refractivity (Wildman–Crippen MR) is 70.9 cm³/mol. The van der Waals surface area contributed by atoms with E-state index in [2.05, 4.69) is 15.9 Å². The summed E-state index contributed by atoms with van der Waals surface area (Å²) in [4.78, 5) is -0.369. The first-order chi connectivity index (χ1) is 9.51. The Bertz CT molecular complexity index is 622. The molecular weight excluding hydrogens is 382 g/mol. The van der Waals surface area contributed by atoms with Crippen molar-refractivity contribution in [1.82, 2.24) is 4.72 Å². The maximum absolute atomic E-state index is 12.8. The van der Waals surface area contributed by atoms with Gasteiger partial charge in [0.05, 0.1) is 18.0 Å². The van der Waals surface area contributed by atoms with Crippen LogP contribution in [-0.4, -0.2) is 32.4 Å². The summed E-state index contributed by atoms with van der Waals surface area (Å²) in [6.45, 7) is -0.771. The van der Waals surface area contributed by atoms with Crippen LogP contribution in [0.15, 0.2) is 21.5 Å². The molecule has 0 aromatic heterocycles. The molecule has 0 radical (unpaired) electrons. The molecule has 0 unspecified atom stereocenters. The Balaban J connectivity index is 3.12. The molecule has 0 aliphatic heterocycles. The van der Waals surface area contributed by atoms with E-state index < -0.39 is 35.5 Å². The highest BCUT2D eigenvalue weighted by Crippen LogP contribution is 2.27. The molecule has 0 amide bonds. The maximum atomic E-state index is 12.8. The zero-order chi connectivity index (χ0) is 16.4. The quantitative estimate of drug-likeness (QED) is 0.729. The Labute approximate surface area is 127 Å². The van der Waals surface area contributed by atoms with Crippen LogP contribution in [0.25, 0.3) is 0 Å². The van der Waals surface area contributed by atoms with Crippen molar-refractivity contribution in [2.24, 2.45) is 0 Å². The second-order valence-electron chi connectivity index (χ2n) is 4.25. The molecule has 0 saturated carbocycles. The van der Waals surface area contributed by atoms with Gasteiger partial charge in [-0.05, 0) is 30.2 Å². The maximum Gasteiger partial charge on any atom is 0.320 e. The molecule has 0 bridgehead atoms. The van der Waals surface area contributed by atoms with Crippen LogP contribution in [-0.2, 0) is 16.6 Å². The van der Waals surface area contributed by atoms with Gasteiger partial charge in [0.25, 0.3) is 0 Å². The van der Waals surface area contributed by atoms with Gasteiger partial charge in [-0.15, -0.1) is 0 Å². The van der Waals surface area contributed by atoms with Crippen LogP contribution >= 0.6 is 15.9 Å². The largest absolute Gasteiger partial charge is 0.392 e. The second-order valence-corrected chi connectivity index (χ2v) is 6.83. The van der Waals surface area contributed by atoms with Gasteiger partial charge in [-0.1, -0.05) is 15.9 Å². The molecule has 1 aromatic carbocycles. The van der Waals surface area contributed by atoms with E-state index in [0.717, 1.165) is 6.07 Å². The van der Waals surface area contributed by atoms with Crippen LogP contribution < -0.4 is 4.72 Å². The fourth-order valence-electron chi connectivity index (χ4n) is 1.42. The summed E-state index contributed by atoms with van der Waals surface area (Å²) < 4.78 is 75.3. The average Bonchev–Trinajstić information content (AvgIpc) is 2.39. The molecule has 1 rings (SSSR count). The van der Waals surface area contributed by atoms with Gasteiger partial charge >= 0.3 is 12.3 Å². The van der Waals surface area contributed by atoms with Crippen molar-refractivity contribution in [2.75, 3.05) is 6.54 Å². The lowest BCUT2D eigenvalue weighted by atomic mass is 10.2. The highest BCUT2D eigenvalue weighted by Gasteiger charge is 2.41. The van der Waals surface area contributed by atoms with E-state index in [1.54, 1.807) is 0 Å². The Hall–Kier alpha value is -0.710. The summed E-state index contributed by atoms with van der Waals surface area (Å²) in [6.07, 6.45) is -3.98. The van der Waals surface area contributed by atoms with Crippen molar-refractivity contribution in [2.45, 2.75) is 30.8 Å². The van der Waals surface area contributed by atoms with Gasteiger partial charge < -0.3 is 5.11 Å². The highest BCUT2D eigenvalue weighted by atomic mass is 79.9. The van der Waals surface area contributed by atoms with Crippen LogP contribution in [0.1, 0.15) is 11.1 Å². The number of halogens is 5. The molecule has 10 heteroatoms. The third kappa shape index (κ3) is 4.38. The third-order valence-electron chi connectivity index (χ3n) is 2.65. The van der Waals surface area contributed by atoms with E-state index in [0.29, 0.717) is 4.47 Å². The number of sulfonamides is 1. The van der Waals surface area contributed by atoms with Crippen LogP contribution in [0.5, 0.6) is 0 Å². The topological polar surface area (TPSA) is 66.4 Å². The number of aliphatic hydroxyl groups excluding tert-OH is 1. The molecule has 0 fully saturated rings. The molecule has 0 aliphatic carbocycles. The number of rotatable bonds is 6. The van der Waals surface area contributed by atoms with E-state index in [9.17, 15) is 26.0 Å². The molecule has 0 aliphatic rings.